The zero-order valence-electron chi connectivity index (χ0n) is 15.6. The summed E-state index contributed by atoms with van der Waals surface area (Å²) in [4.78, 5) is 23.5. The smallest absolute Gasteiger partial charge is 0.263 e. The van der Waals surface area contributed by atoms with Gasteiger partial charge in [-0.25, -0.2) is 4.98 Å². The predicted molar refractivity (Wildman–Crippen MR) is 106 cm³/mol. The van der Waals surface area contributed by atoms with Crippen LogP contribution >= 0.6 is 11.6 Å². The van der Waals surface area contributed by atoms with Gasteiger partial charge in [-0.05, 0) is 38.0 Å². The second kappa shape index (κ2) is 7.63. The van der Waals surface area contributed by atoms with Crippen LogP contribution in [0.15, 0.2) is 29.0 Å². The number of piperidine rings is 1. The Hall–Kier alpha value is -2.87. The first-order chi connectivity index (χ1) is 13.6. The van der Waals surface area contributed by atoms with E-state index in [1.807, 2.05) is 6.92 Å². The number of aromatic nitrogens is 3. The third-order valence-corrected chi connectivity index (χ3v) is 5.17. The topological polar surface area (TPSA) is 93.4 Å². The van der Waals surface area contributed by atoms with Gasteiger partial charge in [-0.15, -0.1) is 0 Å². The minimum Gasteiger partial charge on any atom is -0.495 e. The number of nitrogens with one attached hydrogen (secondary N) is 1. The van der Waals surface area contributed by atoms with E-state index in [2.05, 4.69) is 25.3 Å². The Bertz CT molecular complexity index is 1020. The first-order valence-electron chi connectivity index (χ1n) is 9.03. The summed E-state index contributed by atoms with van der Waals surface area (Å²) in [6, 6.07) is 5.14. The minimum absolute atomic E-state index is 0.0717. The fraction of sp³-hybridized carbons (Fsp3) is 0.368. The van der Waals surface area contributed by atoms with Gasteiger partial charge in [0.2, 0.25) is 5.91 Å². The van der Waals surface area contributed by atoms with Gasteiger partial charge in [0.05, 0.1) is 24.4 Å². The third-order valence-electron chi connectivity index (χ3n) is 4.93. The molecule has 1 saturated heterocycles. The molecule has 8 nitrogen and oxygen atoms in total. The Morgan fingerprint density at radius 1 is 1.39 bits per heavy atom. The van der Waals surface area contributed by atoms with Crippen LogP contribution in [0.2, 0.25) is 5.02 Å². The lowest BCUT2D eigenvalue weighted by atomic mass is 9.96. The van der Waals surface area contributed by atoms with E-state index in [1.165, 1.54) is 6.33 Å². The summed E-state index contributed by atoms with van der Waals surface area (Å²) in [6.07, 6.45) is 3.13. The molecule has 3 aromatic rings. The number of carbonyl (C=O) groups is 1. The fourth-order valence-corrected chi connectivity index (χ4v) is 3.71. The van der Waals surface area contributed by atoms with Crippen molar-refractivity contribution in [1.82, 2.24) is 15.1 Å². The van der Waals surface area contributed by atoms with Crippen LogP contribution in [0.3, 0.4) is 0 Å². The quantitative estimate of drug-likeness (QED) is 0.715. The van der Waals surface area contributed by atoms with Crippen molar-refractivity contribution in [3.63, 3.8) is 0 Å². The van der Waals surface area contributed by atoms with Gasteiger partial charge in [-0.3, -0.25) is 4.79 Å². The molecule has 28 heavy (non-hydrogen) atoms. The number of carbonyl (C=O) groups excluding carboxylic acids is 1. The molecule has 1 atom stereocenters. The molecule has 0 aliphatic carbocycles. The summed E-state index contributed by atoms with van der Waals surface area (Å²) in [7, 11) is 1.56. The average Bonchev–Trinajstić information content (AvgIpc) is 3.09. The predicted octanol–water partition coefficient (Wildman–Crippen LogP) is 3.44. The summed E-state index contributed by atoms with van der Waals surface area (Å²) in [5.41, 5.74) is 1.76. The Balaban J connectivity index is 1.55. The highest BCUT2D eigenvalue weighted by Gasteiger charge is 2.29. The molecular formula is C19H20ClN5O3. The summed E-state index contributed by atoms with van der Waals surface area (Å²) < 4.78 is 10.6. The number of hydrogen-bond acceptors (Lipinski definition) is 7. The molecule has 3 heterocycles. The van der Waals surface area contributed by atoms with Gasteiger partial charge in [0.25, 0.3) is 5.71 Å². The van der Waals surface area contributed by atoms with Crippen molar-refractivity contribution in [2.75, 3.05) is 30.4 Å². The highest BCUT2D eigenvalue weighted by atomic mass is 35.5. The van der Waals surface area contributed by atoms with Gasteiger partial charge in [0.15, 0.2) is 0 Å². The number of nitrogens with zero attached hydrogens (tertiary/aromatic N) is 4. The molecule has 1 fully saturated rings. The number of methoxy groups -OCH3 is 1. The van der Waals surface area contributed by atoms with Crippen molar-refractivity contribution in [3.8, 4) is 5.75 Å². The van der Waals surface area contributed by atoms with Crippen LogP contribution in [0, 0.1) is 12.8 Å². The van der Waals surface area contributed by atoms with Crippen molar-refractivity contribution >= 4 is 40.1 Å². The van der Waals surface area contributed by atoms with E-state index >= 15 is 0 Å². The molecule has 1 N–H and O–H groups in total. The largest absolute Gasteiger partial charge is 0.495 e. The maximum Gasteiger partial charge on any atom is 0.263 e. The number of aryl methyl sites for hydroxylation is 1. The molecule has 0 saturated carbocycles. The molecule has 0 radical (unpaired) electrons. The normalized spacial score (nSPS) is 17.0. The molecule has 1 amide bonds. The highest BCUT2D eigenvalue weighted by Crippen LogP contribution is 2.31. The van der Waals surface area contributed by atoms with E-state index in [4.69, 9.17) is 20.9 Å². The van der Waals surface area contributed by atoms with Crippen molar-refractivity contribution in [2.45, 2.75) is 19.8 Å². The first kappa shape index (κ1) is 18.5. The molecule has 1 aliphatic rings. The van der Waals surface area contributed by atoms with E-state index in [9.17, 15) is 4.79 Å². The van der Waals surface area contributed by atoms with Crippen molar-refractivity contribution < 1.29 is 14.1 Å². The lowest BCUT2D eigenvalue weighted by Crippen LogP contribution is -2.41. The second-order valence-electron chi connectivity index (χ2n) is 6.76. The molecule has 0 spiro atoms. The highest BCUT2D eigenvalue weighted by molar-refractivity contribution is 6.31. The summed E-state index contributed by atoms with van der Waals surface area (Å²) in [5, 5.41) is 8.25. The number of ether oxygens (including phenoxy) is 1. The van der Waals surface area contributed by atoms with E-state index in [-0.39, 0.29) is 11.8 Å². The van der Waals surface area contributed by atoms with Crippen LogP contribution in [-0.2, 0) is 4.79 Å². The van der Waals surface area contributed by atoms with Crippen molar-refractivity contribution in [2.24, 2.45) is 5.92 Å². The summed E-state index contributed by atoms with van der Waals surface area (Å²) in [5.74, 6) is 1.06. The van der Waals surface area contributed by atoms with Crippen LogP contribution in [0.5, 0.6) is 5.75 Å². The Labute approximate surface area is 166 Å². The number of rotatable bonds is 4. The molecule has 0 bridgehead atoms. The second-order valence-corrected chi connectivity index (χ2v) is 7.20. The van der Waals surface area contributed by atoms with Crippen LogP contribution in [-0.4, -0.2) is 41.2 Å². The average molecular weight is 402 g/mol. The lowest BCUT2D eigenvalue weighted by Gasteiger charge is -2.33. The van der Waals surface area contributed by atoms with Crippen LogP contribution in [0.25, 0.3) is 11.1 Å². The SMILES string of the molecule is COc1ccc(Cl)cc1NC(=O)[C@@H]1CCCN(c2ncnc3onc(C)c23)C1. The van der Waals surface area contributed by atoms with Crippen molar-refractivity contribution in [3.05, 3.63) is 35.2 Å². The summed E-state index contributed by atoms with van der Waals surface area (Å²) >= 11 is 6.06. The fourth-order valence-electron chi connectivity index (χ4n) is 3.54. The van der Waals surface area contributed by atoms with E-state index < -0.39 is 0 Å². The van der Waals surface area contributed by atoms with Crippen LogP contribution < -0.4 is 15.0 Å². The molecule has 1 aromatic carbocycles. The monoisotopic (exact) mass is 401 g/mol. The van der Waals surface area contributed by atoms with Gasteiger partial charge in [-0.1, -0.05) is 16.8 Å². The zero-order valence-corrected chi connectivity index (χ0v) is 16.4. The maximum absolute atomic E-state index is 12.9. The molecule has 4 rings (SSSR count). The number of halogens is 1. The lowest BCUT2D eigenvalue weighted by molar-refractivity contribution is -0.120. The number of hydrogen-bond donors (Lipinski definition) is 1. The van der Waals surface area contributed by atoms with Gasteiger partial charge >= 0.3 is 0 Å². The third kappa shape index (κ3) is 3.47. The van der Waals surface area contributed by atoms with E-state index in [0.29, 0.717) is 28.7 Å². The molecule has 146 valence electrons. The van der Waals surface area contributed by atoms with E-state index in [0.717, 1.165) is 36.3 Å². The number of benzene rings is 1. The standard InChI is InChI=1S/C19H20ClN5O3/c1-11-16-17(21-10-22-19(16)28-24-11)25-7-3-4-12(9-25)18(26)23-14-8-13(20)5-6-15(14)27-2/h5-6,8,10,12H,3-4,7,9H2,1-2H3,(H,23,26)/t12-/m1/s1. The molecule has 2 aromatic heterocycles. The number of fused-ring (bicyclic) bond motifs is 1. The summed E-state index contributed by atoms with van der Waals surface area (Å²) in [6.45, 7) is 3.21. The van der Waals surface area contributed by atoms with Crippen molar-refractivity contribution in [1.29, 1.82) is 0 Å². The molecule has 1 aliphatic heterocycles. The first-order valence-corrected chi connectivity index (χ1v) is 9.41. The van der Waals surface area contributed by atoms with Gasteiger partial charge in [-0.2, -0.15) is 4.98 Å². The molecule has 9 heteroatoms. The molecular weight excluding hydrogens is 382 g/mol. The van der Waals surface area contributed by atoms with Crippen LogP contribution in [0.1, 0.15) is 18.5 Å². The number of amides is 1. The van der Waals surface area contributed by atoms with Gasteiger partial charge in [0.1, 0.15) is 23.3 Å². The Morgan fingerprint density at radius 2 is 2.25 bits per heavy atom. The Morgan fingerprint density at radius 3 is 3.07 bits per heavy atom. The maximum atomic E-state index is 12.9. The minimum atomic E-state index is -0.192. The Kier molecular flexibility index (Phi) is 5.04. The zero-order chi connectivity index (χ0) is 19.7. The van der Waals surface area contributed by atoms with Gasteiger partial charge < -0.3 is 19.5 Å². The van der Waals surface area contributed by atoms with Crippen LogP contribution in [0.4, 0.5) is 11.5 Å². The number of anilines is 2. The molecule has 0 unspecified atom stereocenters. The van der Waals surface area contributed by atoms with Gasteiger partial charge in [0, 0.05) is 18.1 Å². The van der Waals surface area contributed by atoms with E-state index in [1.54, 1.807) is 25.3 Å².